The van der Waals surface area contributed by atoms with Gasteiger partial charge < -0.3 is 43.5 Å². The maximum absolute atomic E-state index is 14.6. The molecule has 0 aliphatic carbocycles. The van der Waals surface area contributed by atoms with Crippen LogP contribution in [-0.4, -0.2) is 161 Å². The molecule has 1 unspecified atom stereocenters. The third-order valence-electron chi connectivity index (χ3n) is 15.4. The number of carbonyl (C=O) groups is 6. The van der Waals surface area contributed by atoms with Gasteiger partial charge in [0.25, 0.3) is 20.0 Å². The summed E-state index contributed by atoms with van der Waals surface area (Å²) in [6, 6.07) is 30.4. The van der Waals surface area contributed by atoms with Gasteiger partial charge in [-0.3, -0.25) is 44.0 Å². The van der Waals surface area contributed by atoms with Crippen LogP contribution in [0.25, 0.3) is 11.2 Å². The zero-order valence-electron chi connectivity index (χ0n) is 55.4. The van der Waals surface area contributed by atoms with Crippen LogP contribution in [-0.2, 0) is 54.6 Å². The van der Waals surface area contributed by atoms with Crippen LogP contribution in [0.1, 0.15) is 113 Å². The number of likely N-dealkylation sites (tertiary alicyclic amines) is 1. The van der Waals surface area contributed by atoms with Gasteiger partial charge in [0.2, 0.25) is 23.7 Å². The fourth-order valence-corrected chi connectivity index (χ4v) is 14.3. The number of carbonyl (C=O) groups excluding carboxylic acids is 6. The lowest BCUT2D eigenvalue weighted by molar-refractivity contribution is -0.170. The minimum atomic E-state index is -5.36. The number of rotatable bonds is 35. The van der Waals surface area contributed by atoms with E-state index in [1.165, 1.54) is 10.8 Å². The number of nitrogens with zero attached hydrogens (tertiary/aromatic N) is 7. The molecule has 4 aromatic carbocycles. The van der Waals surface area contributed by atoms with Crippen molar-refractivity contribution in [3.8, 4) is 17.6 Å². The second-order valence-corrected chi connectivity index (χ2v) is 27.3. The fourth-order valence-electron chi connectivity index (χ4n) is 10.6. The second kappa shape index (κ2) is 36.4. The number of esters is 1. The van der Waals surface area contributed by atoms with Crippen LogP contribution in [0, 0.1) is 17.2 Å². The van der Waals surface area contributed by atoms with Gasteiger partial charge in [0, 0.05) is 66.7 Å². The van der Waals surface area contributed by atoms with Gasteiger partial charge in [0.15, 0.2) is 11.2 Å². The lowest BCUT2D eigenvalue weighted by Crippen LogP contribution is -2.42. The number of alkyl halides is 3. The molecule has 24 nitrogen and oxygen atoms in total. The smallest absolute Gasteiger partial charge is 0.471 e. The second-order valence-electron chi connectivity index (χ2n) is 23.2. The predicted octanol–water partition coefficient (Wildman–Crippen LogP) is 10.0. The van der Waals surface area contributed by atoms with Gasteiger partial charge in [-0.15, -0.1) is 0 Å². The minimum Gasteiger partial charge on any atom is -0.497 e. The molecule has 0 spiro atoms. The molecule has 4 atom stereocenters. The number of ether oxygens (including phenoxy) is 4. The van der Waals surface area contributed by atoms with Crippen LogP contribution < -0.4 is 35.9 Å². The first kappa shape index (κ1) is 76.1. The molecular weight excluding hydrogens is 1320 g/mol. The van der Waals surface area contributed by atoms with Crippen LogP contribution in [0.3, 0.4) is 0 Å². The molecule has 0 bridgehead atoms. The van der Waals surface area contributed by atoms with E-state index >= 15 is 0 Å². The third kappa shape index (κ3) is 20.9. The van der Waals surface area contributed by atoms with E-state index in [4.69, 9.17) is 28.0 Å². The number of halogens is 3. The number of fused-ring (bicyclic) bond motifs is 1. The number of H-pyrrole nitrogens is 1. The third-order valence-corrected chi connectivity index (χ3v) is 20.1. The number of nitrogens with one attached hydrogen (secondary N) is 4. The molecule has 0 radical (unpaired) electrons. The number of aromatic nitrogens is 4. The first-order valence-corrected chi connectivity index (χ1v) is 35.0. The molecule has 3 heterocycles. The van der Waals surface area contributed by atoms with Gasteiger partial charge in [-0.25, -0.2) is 19.4 Å². The monoisotopic (exact) mass is 1400 g/mol. The molecule has 1 saturated heterocycles. The average Bonchev–Trinajstić information content (AvgIpc) is 1.13. The van der Waals surface area contributed by atoms with E-state index < -0.39 is 86.1 Å². The minimum absolute atomic E-state index is 0.0568. The van der Waals surface area contributed by atoms with Gasteiger partial charge in [-0.05, 0) is 112 Å². The van der Waals surface area contributed by atoms with Crippen molar-refractivity contribution in [1.82, 2.24) is 40.1 Å². The maximum Gasteiger partial charge on any atom is 0.471 e. The summed E-state index contributed by atoms with van der Waals surface area (Å²) in [6.45, 7) is 11.6. The van der Waals surface area contributed by atoms with Gasteiger partial charge in [-0.1, -0.05) is 90.0 Å². The van der Waals surface area contributed by atoms with E-state index in [2.05, 4.69) is 74.3 Å². The standard InChI is InChI=1S/C67H81F3N11O13PS2/c1-42(2)60(84)77-65-76-59-58(62(86)78-65)74-49(38-73-59)39-80(64(88)67(68,69)70)50-24-18-45(19-25-50)61(85)75-55(63(87)91-9)30-31-56(82)72-33-36-97-96-35-13-17-57(83)79-40-54(94-95(93-34-14-32-71)81(43(3)4)44(5)6)37-51(79)41-92-66(46-15-11-10-12-16-46,47-20-26-52(89-7)27-21-47)48-22-28-53(90-8)29-23-48/h10-12,15-16,18-29,38,42-44,51,54-55H,13-14,17,30-31,33-37,39-41H2,1-9H3,(H,72,82)(H,75,85)(H2,73,76,77,78,84,86)/t51-,54+,55-,95?/m0/s1. The van der Waals surface area contributed by atoms with Crippen molar-refractivity contribution in [2.24, 2.45) is 5.92 Å². The number of amides is 5. The molecule has 6 aromatic rings. The van der Waals surface area contributed by atoms with Crippen molar-refractivity contribution >= 4 is 88.4 Å². The Morgan fingerprint density at radius 1 is 0.825 bits per heavy atom. The van der Waals surface area contributed by atoms with Crippen molar-refractivity contribution in [3.05, 3.63) is 148 Å². The Hall–Kier alpha value is -8.23. The quantitative estimate of drug-likeness (QED) is 0.00945. The Bertz CT molecular complexity index is 3670. The Morgan fingerprint density at radius 2 is 1.45 bits per heavy atom. The zero-order chi connectivity index (χ0) is 70.4. The summed E-state index contributed by atoms with van der Waals surface area (Å²) in [5, 5.41) is 17.1. The summed E-state index contributed by atoms with van der Waals surface area (Å²) < 4.78 is 80.7. The van der Waals surface area contributed by atoms with Gasteiger partial charge in [0.05, 0.1) is 77.6 Å². The highest BCUT2D eigenvalue weighted by Crippen LogP contribution is 2.49. The highest BCUT2D eigenvalue weighted by atomic mass is 33.1. The molecule has 7 rings (SSSR count). The van der Waals surface area contributed by atoms with Crippen LogP contribution in [0.4, 0.5) is 24.8 Å². The molecule has 97 heavy (non-hydrogen) atoms. The summed E-state index contributed by atoms with van der Waals surface area (Å²) >= 11 is 0. The van der Waals surface area contributed by atoms with Crippen LogP contribution in [0.2, 0.25) is 0 Å². The molecule has 4 N–H and O–H groups in total. The molecule has 30 heteroatoms. The maximum atomic E-state index is 14.6. The first-order valence-electron chi connectivity index (χ1n) is 31.4. The fraction of sp³-hybridized carbons (Fsp3) is 0.448. The summed E-state index contributed by atoms with van der Waals surface area (Å²) in [7, 11) is 5.74. The van der Waals surface area contributed by atoms with Crippen molar-refractivity contribution in [2.75, 3.05) is 69.4 Å². The van der Waals surface area contributed by atoms with E-state index in [1.807, 2.05) is 83.8 Å². The van der Waals surface area contributed by atoms with Crippen LogP contribution in [0.15, 0.2) is 114 Å². The number of nitriles is 1. The number of benzene rings is 4. The summed E-state index contributed by atoms with van der Waals surface area (Å²) in [5.74, 6) is -3.15. The highest BCUT2D eigenvalue weighted by Gasteiger charge is 2.45. The Balaban J connectivity index is 0.936. The first-order chi connectivity index (χ1) is 46.4. The van der Waals surface area contributed by atoms with E-state index in [1.54, 1.807) is 38.9 Å². The number of anilines is 2. The number of hydrogen-bond donors (Lipinski definition) is 4. The molecule has 1 fully saturated rings. The van der Waals surface area contributed by atoms with E-state index in [9.17, 15) is 52.0 Å². The van der Waals surface area contributed by atoms with Crippen molar-refractivity contribution in [3.63, 3.8) is 0 Å². The summed E-state index contributed by atoms with van der Waals surface area (Å²) in [5.41, 5.74) is -0.723. The molecule has 520 valence electrons. The van der Waals surface area contributed by atoms with E-state index in [0.717, 1.165) is 54.3 Å². The van der Waals surface area contributed by atoms with Crippen molar-refractivity contribution in [1.29, 1.82) is 5.26 Å². The van der Waals surface area contributed by atoms with E-state index in [0.29, 0.717) is 40.7 Å². The average molecular weight is 1400 g/mol. The van der Waals surface area contributed by atoms with Crippen molar-refractivity contribution < 1.29 is 69.9 Å². The molecule has 1 aliphatic rings. The lowest BCUT2D eigenvalue weighted by atomic mass is 9.80. The van der Waals surface area contributed by atoms with Crippen LogP contribution >= 0.6 is 30.1 Å². The number of hydrogen-bond acceptors (Lipinski definition) is 20. The number of methoxy groups -OCH3 is 3. The Morgan fingerprint density at radius 3 is 2.04 bits per heavy atom. The lowest BCUT2D eigenvalue weighted by Gasteiger charge is -2.38. The van der Waals surface area contributed by atoms with Crippen LogP contribution in [0.5, 0.6) is 11.5 Å². The van der Waals surface area contributed by atoms with E-state index in [-0.39, 0.29) is 104 Å². The summed E-state index contributed by atoms with van der Waals surface area (Å²) in [6.07, 6.45) is -3.73. The molecule has 5 amide bonds. The zero-order valence-corrected chi connectivity index (χ0v) is 57.9. The molecule has 2 aromatic heterocycles. The SMILES string of the molecule is COC(=O)[C@H](CCC(=O)NCCSSCCCC(=O)N1C[C@H](OP(OCCC#N)N(C(C)C)C(C)C)C[C@H]1COC(c1ccccc1)(c1ccc(OC)cc1)c1ccc(OC)cc1)NC(=O)c1ccc(N(Cc2cnc3nc(NC(=O)C(C)C)[nH]c(=O)c3n2)C(=O)C(F)(F)F)cc1. The van der Waals surface area contributed by atoms with Gasteiger partial charge >= 0.3 is 18.1 Å². The number of aromatic amines is 1. The predicted molar refractivity (Wildman–Crippen MR) is 363 cm³/mol. The molecule has 1 aliphatic heterocycles. The normalized spacial score (nSPS) is 14.7. The van der Waals surface area contributed by atoms with Gasteiger partial charge in [-0.2, -0.15) is 23.4 Å². The Kier molecular flexibility index (Phi) is 28.6. The molecular formula is C67H81F3N11O13PS2. The highest BCUT2D eigenvalue weighted by molar-refractivity contribution is 8.76. The largest absolute Gasteiger partial charge is 0.497 e. The van der Waals surface area contributed by atoms with Gasteiger partial charge in [0.1, 0.15) is 23.1 Å². The Labute approximate surface area is 570 Å². The molecule has 0 saturated carbocycles. The van der Waals surface area contributed by atoms with Crippen molar-refractivity contribution in [2.45, 2.75) is 129 Å². The summed E-state index contributed by atoms with van der Waals surface area (Å²) in [4.78, 5) is 108. The topological polar surface area (TPSA) is 299 Å².